The van der Waals surface area contributed by atoms with Gasteiger partial charge in [-0.3, -0.25) is 15.3 Å². The summed E-state index contributed by atoms with van der Waals surface area (Å²) >= 11 is 0. The predicted octanol–water partition coefficient (Wildman–Crippen LogP) is 8.37. The lowest BCUT2D eigenvalue weighted by atomic mass is 9.81. The van der Waals surface area contributed by atoms with Crippen molar-refractivity contribution in [2.75, 3.05) is 7.05 Å². The summed E-state index contributed by atoms with van der Waals surface area (Å²) < 4.78 is 0. The number of nitrogens with two attached hydrogens (primary N) is 1. The third-order valence-electron chi connectivity index (χ3n) is 8.20. The molecule has 0 radical (unpaired) electrons. The molecular formula is C38H36N4. The molecule has 4 heteroatoms. The van der Waals surface area contributed by atoms with Crippen LogP contribution in [-0.4, -0.2) is 19.0 Å². The van der Waals surface area contributed by atoms with Crippen molar-refractivity contribution < 1.29 is 0 Å². The minimum Gasteiger partial charge on any atom is -0.398 e. The number of fused-ring (bicyclic) bond motifs is 1. The van der Waals surface area contributed by atoms with Gasteiger partial charge in [-0.2, -0.15) is 0 Å². The van der Waals surface area contributed by atoms with Crippen molar-refractivity contribution >= 4 is 28.4 Å². The molecule has 0 aromatic heterocycles. The fourth-order valence-corrected chi connectivity index (χ4v) is 6.11. The van der Waals surface area contributed by atoms with Crippen LogP contribution < -0.4 is 11.1 Å². The lowest BCUT2D eigenvalue weighted by Gasteiger charge is -2.38. The van der Waals surface area contributed by atoms with Crippen molar-refractivity contribution in [1.82, 2.24) is 5.32 Å². The molecule has 0 amide bonds. The topological polar surface area (TPSA) is 62.8 Å². The van der Waals surface area contributed by atoms with Crippen molar-refractivity contribution in [1.29, 1.82) is 0 Å². The van der Waals surface area contributed by atoms with Crippen LogP contribution in [0.15, 0.2) is 137 Å². The van der Waals surface area contributed by atoms with Gasteiger partial charge in [0.1, 0.15) is 6.17 Å². The average Bonchev–Trinajstić information content (AvgIpc) is 3.07. The summed E-state index contributed by atoms with van der Waals surface area (Å²) in [6, 6.07) is 43.1. The molecule has 0 fully saturated rings. The van der Waals surface area contributed by atoms with Crippen LogP contribution in [0.2, 0.25) is 0 Å². The predicted molar refractivity (Wildman–Crippen MR) is 178 cm³/mol. The Bertz CT molecular complexity index is 1750. The molecule has 5 aromatic carbocycles. The maximum atomic E-state index is 6.30. The van der Waals surface area contributed by atoms with E-state index >= 15 is 0 Å². The van der Waals surface area contributed by atoms with Crippen LogP contribution in [0.25, 0.3) is 27.6 Å². The molecule has 4 nitrogen and oxygen atoms in total. The normalized spacial score (nSPS) is 19.2. The second kappa shape index (κ2) is 12.4. The van der Waals surface area contributed by atoms with Gasteiger partial charge in [-0.15, -0.1) is 0 Å². The number of aliphatic imine (C=N–C) groups is 2. The van der Waals surface area contributed by atoms with Crippen LogP contribution in [0, 0.1) is 5.92 Å². The molecule has 1 heterocycles. The van der Waals surface area contributed by atoms with Crippen molar-refractivity contribution in [2.24, 2.45) is 21.6 Å². The number of benzene rings is 5. The maximum absolute atomic E-state index is 6.30. The van der Waals surface area contributed by atoms with Gasteiger partial charge in [0.05, 0.1) is 0 Å². The summed E-state index contributed by atoms with van der Waals surface area (Å²) in [6.07, 6.45) is 4.29. The molecule has 1 aliphatic rings. The van der Waals surface area contributed by atoms with Gasteiger partial charge in [0.25, 0.3) is 0 Å². The van der Waals surface area contributed by atoms with E-state index in [1.807, 2.05) is 6.08 Å². The monoisotopic (exact) mass is 548 g/mol. The van der Waals surface area contributed by atoms with Crippen molar-refractivity contribution in [3.05, 3.63) is 150 Å². The molecule has 1 aliphatic heterocycles. The van der Waals surface area contributed by atoms with Gasteiger partial charge in [0.15, 0.2) is 0 Å². The van der Waals surface area contributed by atoms with Crippen molar-refractivity contribution in [3.8, 4) is 11.1 Å². The second-order valence-electron chi connectivity index (χ2n) is 10.7. The first-order chi connectivity index (χ1) is 20.7. The van der Waals surface area contributed by atoms with E-state index in [0.717, 1.165) is 28.8 Å². The second-order valence-corrected chi connectivity index (χ2v) is 10.7. The lowest BCUT2D eigenvalue weighted by molar-refractivity contribution is 0.359. The average molecular weight is 549 g/mol. The highest BCUT2D eigenvalue weighted by Crippen LogP contribution is 2.42. The van der Waals surface area contributed by atoms with Crippen LogP contribution in [-0.2, 0) is 0 Å². The fraction of sp³-hybridized carbons (Fsp3) is 0.158. The van der Waals surface area contributed by atoms with Crippen molar-refractivity contribution in [2.45, 2.75) is 25.6 Å². The summed E-state index contributed by atoms with van der Waals surface area (Å²) in [5.41, 5.74) is 15.0. The SMILES string of the molecule is CCC1C(c2ccccc2)=NC(c2c(-c3ccc(/C(N)=C/C=N\C)cc3)ccc3ccccc23)NC1c1ccccc1. The minimum absolute atomic E-state index is 0.119. The molecular weight excluding hydrogens is 512 g/mol. The Morgan fingerprint density at radius 3 is 2.21 bits per heavy atom. The third kappa shape index (κ3) is 5.41. The Balaban J connectivity index is 1.54. The number of nitrogens with one attached hydrogen (secondary N) is 1. The summed E-state index contributed by atoms with van der Waals surface area (Å²) in [7, 11) is 1.74. The van der Waals surface area contributed by atoms with Crippen LogP contribution >= 0.6 is 0 Å². The lowest BCUT2D eigenvalue weighted by Crippen LogP contribution is -2.40. The molecule has 5 aromatic rings. The van der Waals surface area contributed by atoms with Gasteiger partial charge in [-0.25, -0.2) is 0 Å². The first-order valence-electron chi connectivity index (χ1n) is 14.6. The van der Waals surface area contributed by atoms with E-state index in [-0.39, 0.29) is 18.1 Å². The number of nitrogens with zero attached hydrogens (tertiary/aromatic N) is 2. The van der Waals surface area contributed by atoms with Gasteiger partial charge >= 0.3 is 0 Å². The van der Waals surface area contributed by atoms with Crippen LogP contribution in [0.5, 0.6) is 0 Å². The molecule has 0 saturated carbocycles. The highest BCUT2D eigenvalue weighted by atomic mass is 15.1. The Morgan fingerprint density at radius 2 is 1.50 bits per heavy atom. The third-order valence-corrected chi connectivity index (χ3v) is 8.20. The van der Waals surface area contributed by atoms with E-state index < -0.39 is 0 Å². The van der Waals surface area contributed by atoms with E-state index in [0.29, 0.717) is 5.70 Å². The standard InChI is InChI=1S/C38H36N4/c1-3-31-36(29-13-6-4-7-14-29)41-38(42-37(31)30-15-8-5-9-16-30)35-32-17-11-10-12-26(32)22-23-33(35)27-18-20-28(21-19-27)34(39)24-25-40-2/h4-25,31,36,38,41H,3,39H2,1-2H3/b34-24-,40-25-. The first-order valence-corrected chi connectivity index (χ1v) is 14.6. The van der Waals surface area contributed by atoms with Crippen LogP contribution in [0.4, 0.5) is 0 Å². The molecule has 42 heavy (non-hydrogen) atoms. The first kappa shape index (κ1) is 27.4. The van der Waals surface area contributed by atoms with Gasteiger partial charge in [-0.1, -0.05) is 128 Å². The minimum atomic E-state index is -0.236. The van der Waals surface area contributed by atoms with Gasteiger partial charge in [0, 0.05) is 42.2 Å². The Labute approximate surface area is 248 Å². The van der Waals surface area contributed by atoms with Crippen LogP contribution in [0.3, 0.4) is 0 Å². The van der Waals surface area contributed by atoms with E-state index in [1.54, 1.807) is 13.3 Å². The zero-order valence-corrected chi connectivity index (χ0v) is 24.1. The van der Waals surface area contributed by atoms with Gasteiger partial charge in [-0.05, 0) is 51.1 Å². The zero-order chi connectivity index (χ0) is 28.9. The van der Waals surface area contributed by atoms with E-state index in [9.17, 15) is 0 Å². The van der Waals surface area contributed by atoms with E-state index in [1.165, 1.54) is 27.5 Å². The molecule has 0 aliphatic carbocycles. The van der Waals surface area contributed by atoms with E-state index in [4.69, 9.17) is 10.7 Å². The maximum Gasteiger partial charge on any atom is 0.127 e. The fourth-order valence-electron chi connectivity index (χ4n) is 6.11. The number of hydrogen-bond acceptors (Lipinski definition) is 4. The zero-order valence-electron chi connectivity index (χ0n) is 24.1. The summed E-state index contributed by atoms with van der Waals surface area (Å²) in [4.78, 5) is 9.55. The number of allylic oxidation sites excluding steroid dienone is 1. The molecule has 3 N–H and O–H groups in total. The molecule has 208 valence electrons. The summed E-state index contributed by atoms with van der Waals surface area (Å²) in [6.45, 7) is 2.26. The summed E-state index contributed by atoms with van der Waals surface area (Å²) in [5, 5.41) is 6.41. The van der Waals surface area contributed by atoms with Crippen LogP contribution in [0.1, 0.15) is 47.8 Å². The van der Waals surface area contributed by atoms with Crippen molar-refractivity contribution in [3.63, 3.8) is 0 Å². The molecule has 3 unspecified atom stereocenters. The molecule has 3 atom stereocenters. The Morgan fingerprint density at radius 1 is 0.810 bits per heavy atom. The summed E-state index contributed by atoms with van der Waals surface area (Å²) in [5.74, 6) is 0.241. The smallest absolute Gasteiger partial charge is 0.127 e. The molecule has 0 spiro atoms. The largest absolute Gasteiger partial charge is 0.398 e. The highest BCUT2D eigenvalue weighted by molar-refractivity contribution is 6.04. The molecule has 6 rings (SSSR count). The molecule has 0 saturated heterocycles. The van der Waals surface area contributed by atoms with Gasteiger partial charge in [0.2, 0.25) is 0 Å². The van der Waals surface area contributed by atoms with Gasteiger partial charge < -0.3 is 5.73 Å². The quantitative estimate of drug-likeness (QED) is 0.201. The Hall–Kier alpha value is -4.80. The number of hydrogen-bond donors (Lipinski definition) is 2. The van der Waals surface area contributed by atoms with E-state index in [2.05, 4.69) is 139 Å². The highest BCUT2D eigenvalue weighted by Gasteiger charge is 2.35. The molecule has 0 bridgehead atoms. The number of rotatable bonds is 7. The Kier molecular flexibility index (Phi) is 8.07.